The summed E-state index contributed by atoms with van der Waals surface area (Å²) in [6, 6.07) is 0.739. The Morgan fingerprint density at radius 3 is 3.06 bits per heavy atom. The van der Waals surface area contributed by atoms with Crippen molar-refractivity contribution in [1.29, 1.82) is 0 Å². The molecule has 1 aromatic heterocycles. The van der Waals surface area contributed by atoms with Crippen LogP contribution in [0.5, 0.6) is 0 Å². The van der Waals surface area contributed by atoms with Gasteiger partial charge in [-0.25, -0.2) is 0 Å². The Labute approximate surface area is 104 Å². The van der Waals surface area contributed by atoms with Gasteiger partial charge >= 0.3 is 5.69 Å². The Morgan fingerprint density at radius 2 is 2.39 bits per heavy atom. The Bertz CT molecular complexity index is 443. The fraction of sp³-hybridized carbons (Fsp3) is 0.727. The third-order valence-electron chi connectivity index (χ3n) is 3.45. The van der Waals surface area contributed by atoms with E-state index in [2.05, 4.69) is 10.00 Å². The summed E-state index contributed by atoms with van der Waals surface area (Å²) >= 11 is 0. The molecule has 2 heterocycles. The fourth-order valence-corrected chi connectivity index (χ4v) is 2.38. The highest BCUT2D eigenvalue weighted by molar-refractivity contribution is 5.20. The summed E-state index contributed by atoms with van der Waals surface area (Å²) in [4.78, 5) is 12.6. The van der Waals surface area contributed by atoms with Gasteiger partial charge < -0.3 is 4.74 Å². The minimum Gasteiger partial charge on any atom is -0.374 e. The molecule has 2 aliphatic rings. The Morgan fingerprint density at radius 1 is 1.56 bits per heavy atom. The Balaban J connectivity index is 1.59. The topological polar surface area (TPSA) is 73.4 Å². The fourth-order valence-electron chi connectivity index (χ4n) is 2.38. The third kappa shape index (κ3) is 2.51. The molecule has 0 spiro atoms. The molecule has 7 nitrogen and oxygen atoms in total. The van der Waals surface area contributed by atoms with Crippen LogP contribution < -0.4 is 0 Å². The van der Waals surface area contributed by atoms with Gasteiger partial charge in [0, 0.05) is 19.1 Å². The highest BCUT2D eigenvalue weighted by Gasteiger charge is 2.33. The number of nitro groups is 1. The van der Waals surface area contributed by atoms with E-state index in [4.69, 9.17) is 4.74 Å². The van der Waals surface area contributed by atoms with Gasteiger partial charge in [0.25, 0.3) is 0 Å². The summed E-state index contributed by atoms with van der Waals surface area (Å²) in [5.41, 5.74) is 0.0323. The zero-order valence-electron chi connectivity index (χ0n) is 10.1. The van der Waals surface area contributed by atoms with Gasteiger partial charge in [-0.3, -0.25) is 19.7 Å². The smallest absolute Gasteiger partial charge is 0.306 e. The predicted molar refractivity (Wildman–Crippen MR) is 63.2 cm³/mol. The number of ether oxygens (including phenoxy) is 1. The summed E-state index contributed by atoms with van der Waals surface area (Å²) in [6.45, 7) is 3.22. The van der Waals surface area contributed by atoms with Crippen LogP contribution in [0.1, 0.15) is 12.8 Å². The molecule has 2 fully saturated rings. The van der Waals surface area contributed by atoms with E-state index in [1.54, 1.807) is 4.68 Å². The zero-order chi connectivity index (χ0) is 12.5. The minimum atomic E-state index is -0.429. The molecule has 0 N–H and O–H groups in total. The average molecular weight is 252 g/mol. The second kappa shape index (κ2) is 4.66. The maximum atomic E-state index is 10.6. The molecule has 7 heteroatoms. The van der Waals surface area contributed by atoms with Crippen LogP contribution in [0.2, 0.25) is 0 Å². The number of aromatic nitrogens is 2. The van der Waals surface area contributed by atoms with Crippen LogP contribution in [-0.4, -0.2) is 51.4 Å². The van der Waals surface area contributed by atoms with Gasteiger partial charge in [0.2, 0.25) is 0 Å². The van der Waals surface area contributed by atoms with Crippen LogP contribution in [0, 0.1) is 10.1 Å². The van der Waals surface area contributed by atoms with Crippen LogP contribution in [0.15, 0.2) is 12.4 Å². The van der Waals surface area contributed by atoms with Gasteiger partial charge in [-0.1, -0.05) is 0 Å². The monoisotopic (exact) mass is 252 g/mol. The molecule has 0 aromatic carbocycles. The molecule has 1 aliphatic carbocycles. The zero-order valence-corrected chi connectivity index (χ0v) is 10.1. The normalized spacial score (nSPS) is 25.2. The minimum absolute atomic E-state index is 0.0323. The van der Waals surface area contributed by atoms with E-state index < -0.39 is 4.92 Å². The van der Waals surface area contributed by atoms with Crippen molar-refractivity contribution in [2.75, 3.05) is 19.7 Å². The van der Waals surface area contributed by atoms with Crippen LogP contribution in [0.4, 0.5) is 5.69 Å². The van der Waals surface area contributed by atoms with Gasteiger partial charge in [0.1, 0.15) is 12.4 Å². The maximum absolute atomic E-state index is 10.6. The lowest BCUT2D eigenvalue weighted by Gasteiger charge is -2.32. The molecule has 3 rings (SSSR count). The first-order valence-corrected chi connectivity index (χ1v) is 6.25. The number of hydrogen-bond donors (Lipinski definition) is 0. The summed E-state index contributed by atoms with van der Waals surface area (Å²) in [5.74, 6) is 0. The van der Waals surface area contributed by atoms with Crippen molar-refractivity contribution in [2.45, 2.75) is 31.5 Å². The van der Waals surface area contributed by atoms with Crippen LogP contribution in [0.3, 0.4) is 0 Å². The molecule has 1 aliphatic heterocycles. The molecule has 1 unspecified atom stereocenters. The molecule has 18 heavy (non-hydrogen) atoms. The second-order valence-electron chi connectivity index (χ2n) is 4.90. The Hall–Kier alpha value is -1.47. The summed E-state index contributed by atoms with van der Waals surface area (Å²) in [7, 11) is 0. The van der Waals surface area contributed by atoms with Gasteiger partial charge in [0.15, 0.2) is 0 Å². The second-order valence-corrected chi connectivity index (χ2v) is 4.90. The van der Waals surface area contributed by atoms with Gasteiger partial charge in [0.05, 0.1) is 24.2 Å². The third-order valence-corrected chi connectivity index (χ3v) is 3.45. The van der Waals surface area contributed by atoms with Gasteiger partial charge in [-0.05, 0) is 12.8 Å². The average Bonchev–Trinajstić information content (AvgIpc) is 3.10. The predicted octanol–water partition coefficient (Wildman–Crippen LogP) is 0.654. The number of hydrogen-bond acceptors (Lipinski definition) is 5. The standard InChI is InChI=1S/C11H16N4O3/c16-15(17)10-5-12-14(6-10)8-11-7-13(3-4-18-11)9-1-2-9/h5-6,9,11H,1-4,7-8H2. The van der Waals surface area contributed by atoms with E-state index in [0.717, 1.165) is 25.7 Å². The van der Waals surface area contributed by atoms with E-state index in [1.807, 2.05) is 0 Å². The summed E-state index contributed by atoms with van der Waals surface area (Å²) in [5, 5.41) is 14.6. The van der Waals surface area contributed by atoms with Gasteiger partial charge in [-0.15, -0.1) is 0 Å². The molecule has 0 radical (unpaired) electrons. The number of morpholine rings is 1. The molecule has 1 atom stereocenters. The molecule has 98 valence electrons. The summed E-state index contributed by atoms with van der Waals surface area (Å²) < 4.78 is 7.28. The van der Waals surface area contributed by atoms with E-state index >= 15 is 0 Å². The van der Waals surface area contributed by atoms with Crippen LogP contribution in [0.25, 0.3) is 0 Å². The van der Waals surface area contributed by atoms with Crippen molar-refractivity contribution in [3.8, 4) is 0 Å². The van der Waals surface area contributed by atoms with Crippen molar-refractivity contribution >= 4 is 5.69 Å². The first kappa shape index (κ1) is 11.6. The molecule has 0 bridgehead atoms. The van der Waals surface area contributed by atoms with E-state index in [-0.39, 0.29) is 11.8 Å². The van der Waals surface area contributed by atoms with Crippen molar-refractivity contribution in [3.05, 3.63) is 22.5 Å². The molecule has 0 amide bonds. The van der Waals surface area contributed by atoms with Crippen molar-refractivity contribution in [3.63, 3.8) is 0 Å². The van der Waals surface area contributed by atoms with Gasteiger partial charge in [-0.2, -0.15) is 5.10 Å². The van der Waals surface area contributed by atoms with Crippen molar-refractivity contribution in [1.82, 2.24) is 14.7 Å². The molecule has 1 saturated heterocycles. The molecule has 1 saturated carbocycles. The highest BCUT2D eigenvalue weighted by Crippen LogP contribution is 2.28. The maximum Gasteiger partial charge on any atom is 0.306 e. The largest absolute Gasteiger partial charge is 0.374 e. The lowest BCUT2D eigenvalue weighted by molar-refractivity contribution is -0.385. The lowest BCUT2D eigenvalue weighted by atomic mass is 10.2. The van der Waals surface area contributed by atoms with Crippen molar-refractivity contribution in [2.24, 2.45) is 0 Å². The van der Waals surface area contributed by atoms with E-state index in [1.165, 1.54) is 25.2 Å². The van der Waals surface area contributed by atoms with Crippen molar-refractivity contribution < 1.29 is 9.66 Å². The Kier molecular flexibility index (Phi) is 3.00. The SMILES string of the molecule is O=[N+]([O-])c1cnn(CC2CN(C3CC3)CCO2)c1. The molecule has 1 aromatic rings. The highest BCUT2D eigenvalue weighted by atomic mass is 16.6. The van der Waals surface area contributed by atoms with Crippen LogP contribution >= 0.6 is 0 Å². The van der Waals surface area contributed by atoms with E-state index in [0.29, 0.717) is 6.54 Å². The van der Waals surface area contributed by atoms with Crippen LogP contribution in [-0.2, 0) is 11.3 Å². The lowest BCUT2D eigenvalue weighted by Crippen LogP contribution is -2.45. The van der Waals surface area contributed by atoms with E-state index in [9.17, 15) is 10.1 Å². The first-order chi connectivity index (χ1) is 8.72. The molecular weight excluding hydrogens is 236 g/mol. The molecular formula is C11H16N4O3. The quantitative estimate of drug-likeness (QED) is 0.581. The number of nitrogens with zero attached hydrogens (tertiary/aromatic N) is 4. The number of rotatable bonds is 4. The first-order valence-electron chi connectivity index (χ1n) is 6.25. The summed E-state index contributed by atoms with van der Waals surface area (Å²) in [6.07, 6.45) is 5.40.